The predicted molar refractivity (Wildman–Crippen MR) is 67.1 cm³/mol. The summed E-state index contributed by atoms with van der Waals surface area (Å²) in [6.07, 6.45) is 2.79. The van der Waals surface area contributed by atoms with Crippen molar-refractivity contribution in [3.63, 3.8) is 0 Å². The van der Waals surface area contributed by atoms with E-state index in [0.717, 1.165) is 6.54 Å². The van der Waals surface area contributed by atoms with E-state index in [1.54, 1.807) is 0 Å². The maximum Gasteiger partial charge on any atom is 0.0220 e. The summed E-state index contributed by atoms with van der Waals surface area (Å²) in [5, 5.41) is 3.81. The molecule has 2 atom stereocenters. The molecule has 1 N–H and O–H groups in total. The van der Waals surface area contributed by atoms with Crippen LogP contribution in [-0.2, 0) is 0 Å². The summed E-state index contributed by atoms with van der Waals surface area (Å²) in [7, 11) is 4.31. The molecule has 2 nitrogen and oxygen atoms in total. The van der Waals surface area contributed by atoms with Crippen LogP contribution in [0.2, 0.25) is 0 Å². The standard InChI is InChI=1S/C13H28N2/c1-10(2)12(9-15(5)6)14-11(3)13(4)7-8-13/h10-12,14H,7-9H2,1-6H3. The third-order valence-electron chi connectivity index (χ3n) is 3.91. The summed E-state index contributed by atoms with van der Waals surface area (Å²) in [5.41, 5.74) is 0.583. The van der Waals surface area contributed by atoms with E-state index in [1.165, 1.54) is 12.8 Å². The fourth-order valence-electron chi connectivity index (χ4n) is 2.00. The Morgan fingerprint density at radius 1 is 1.20 bits per heavy atom. The van der Waals surface area contributed by atoms with Gasteiger partial charge in [0.25, 0.3) is 0 Å². The molecule has 0 amide bonds. The zero-order chi connectivity index (χ0) is 11.6. The largest absolute Gasteiger partial charge is 0.309 e. The first kappa shape index (κ1) is 13.0. The van der Waals surface area contributed by atoms with Crippen LogP contribution in [0.15, 0.2) is 0 Å². The summed E-state index contributed by atoms with van der Waals surface area (Å²) in [5.74, 6) is 0.706. The molecule has 0 radical (unpaired) electrons. The van der Waals surface area contributed by atoms with E-state index in [2.05, 4.69) is 52.0 Å². The van der Waals surface area contributed by atoms with Crippen LogP contribution < -0.4 is 5.32 Å². The summed E-state index contributed by atoms with van der Waals surface area (Å²) in [6, 6.07) is 1.28. The van der Waals surface area contributed by atoms with Crippen molar-refractivity contribution in [2.24, 2.45) is 11.3 Å². The summed E-state index contributed by atoms with van der Waals surface area (Å²) < 4.78 is 0. The van der Waals surface area contributed by atoms with Crippen molar-refractivity contribution in [1.29, 1.82) is 0 Å². The minimum atomic E-state index is 0.583. The average molecular weight is 212 g/mol. The van der Waals surface area contributed by atoms with Crippen molar-refractivity contribution in [1.82, 2.24) is 10.2 Å². The smallest absolute Gasteiger partial charge is 0.0220 e. The normalized spacial score (nSPS) is 23.2. The molecular formula is C13H28N2. The van der Waals surface area contributed by atoms with Crippen molar-refractivity contribution >= 4 is 0 Å². The summed E-state index contributed by atoms with van der Waals surface area (Å²) in [6.45, 7) is 10.5. The van der Waals surface area contributed by atoms with Gasteiger partial charge < -0.3 is 10.2 Å². The molecule has 0 saturated heterocycles. The van der Waals surface area contributed by atoms with Crippen molar-refractivity contribution in [2.45, 2.75) is 52.6 Å². The van der Waals surface area contributed by atoms with Gasteiger partial charge in [0.05, 0.1) is 0 Å². The van der Waals surface area contributed by atoms with Crippen LogP contribution in [0.1, 0.15) is 40.5 Å². The Morgan fingerprint density at radius 2 is 1.73 bits per heavy atom. The molecule has 0 aromatic rings. The molecule has 2 unspecified atom stereocenters. The first-order valence-electron chi connectivity index (χ1n) is 6.26. The molecule has 0 spiro atoms. The van der Waals surface area contributed by atoms with Gasteiger partial charge in [-0.1, -0.05) is 20.8 Å². The van der Waals surface area contributed by atoms with Crippen molar-refractivity contribution in [3.05, 3.63) is 0 Å². The van der Waals surface area contributed by atoms with E-state index >= 15 is 0 Å². The van der Waals surface area contributed by atoms with Gasteiger partial charge >= 0.3 is 0 Å². The highest BCUT2D eigenvalue weighted by atomic mass is 15.1. The number of hydrogen-bond donors (Lipinski definition) is 1. The lowest BCUT2D eigenvalue weighted by Gasteiger charge is -2.31. The van der Waals surface area contributed by atoms with E-state index in [0.29, 0.717) is 23.4 Å². The van der Waals surface area contributed by atoms with Crippen LogP contribution in [0.25, 0.3) is 0 Å². The molecule has 0 bridgehead atoms. The molecule has 0 aromatic carbocycles. The topological polar surface area (TPSA) is 15.3 Å². The second-order valence-corrected chi connectivity index (χ2v) is 6.16. The zero-order valence-electron chi connectivity index (χ0n) is 11.3. The van der Waals surface area contributed by atoms with Gasteiger partial charge in [-0.05, 0) is 45.2 Å². The van der Waals surface area contributed by atoms with Crippen LogP contribution >= 0.6 is 0 Å². The van der Waals surface area contributed by atoms with E-state index < -0.39 is 0 Å². The lowest BCUT2D eigenvalue weighted by Crippen LogP contribution is -2.48. The molecule has 90 valence electrons. The van der Waals surface area contributed by atoms with Crippen LogP contribution in [0.3, 0.4) is 0 Å². The Morgan fingerprint density at radius 3 is 2.07 bits per heavy atom. The van der Waals surface area contributed by atoms with E-state index in [1.807, 2.05) is 0 Å². The Bertz CT molecular complexity index is 195. The lowest BCUT2D eigenvalue weighted by molar-refractivity contribution is 0.243. The second kappa shape index (κ2) is 4.84. The lowest BCUT2D eigenvalue weighted by atomic mass is 9.96. The quantitative estimate of drug-likeness (QED) is 0.727. The van der Waals surface area contributed by atoms with Crippen molar-refractivity contribution in [3.8, 4) is 0 Å². The molecule has 1 aliphatic carbocycles. The predicted octanol–water partition coefficient (Wildman–Crippen LogP) is 2.35. The monoisotopic (exact) mass is 212 g/mol. The van der Waals surface area contributed by atoms with Crippen LogP contribution in [-0.4, -0.2) is 37.6 Å². The van der Waals surface area contributed by atoms with Gasteiger partial charge in [-0.2, -0.15) is 0 Å². The SMILES string of the molecule is CC(C)C(CN(C)C)NC(C)C1(C)CC1. The third kappa shape index (κ3) is 3.76. The van der Waals surface area contributed by atoms with Gasteiger partial charge in [0.15, 0.2) is 0 Å². The number of hydrogen-bond acceptors (Lipinski definition) is 2. The number of nitrogens with zero attached hydrogens (tertiary/aromatic N) is 1. The van der Waals surface area contributed by atoms with Crippen molar-refractivity contribution < 1.29 is 0 Å². The van der Waals surface area contributed by atoms with Gasteiger partial charge in [-0.25, -0.2) is 0 Å². The Hall–Kier alpha value is -0.0800. The molecule has 1 fully saturated rings. The maximum absolute atomic E-state index is 3.81. The molecule has 0 heterocycles. The van der Waals surface area contributed by atoms with Crippen LogP contribution in [0.4, 0.5) is 0 Å². The van der Waals surface area contributed by atoms with Gasteiger partial charge in [0.1, 0.15) is 0 Å². The highest BCUT2D eigenvalue weighted by Gasteiger charge is 2.43. The van der Waals surface area contributed by atoms with Crippen LogP contribution in [0.5, 0.6) is 0 Å². The van der Waals surface area contributed by atoms with Gasteiger partial charge in [0, 0.05) is 18.6 Å². The highest BCUT2D eigenvalue weighted by molar-refractivity contribution is 4.98. The minimum absolute atomic E-state index is 0.583. The van der Waals surface area contributed by atoms with Gasteiger partial charge in [-0.15, -0.1) is 0 Å². The summed E-state index contributed by atoms with van der Waals surface area (Å²) in [4.78, 5) is 2.28. The molecule has 2 heteroatoms. The first-order valence-corrected chi connectivity index (χ1v) is 6.26. The number of rotatable bonds is 6. The fraction of sp³-hybridized carbons (Fsp3) is 1.00. The van der Waals surface area contributed by atoms with Crippen LogP contribution in [0, 0.1) is 11.3 Å². The highest BCUT2D eigenvalue weighted by Crippen LogP contribution is 2.48. The van der Waals surface area contributed by atoms with E-state index in [9.17, 15) is 0 Å². The molecule has 0 aliphatic heterocycles. The molecule has 1 rings (SSSR count). The Kier molecular flexibility index (Phi) is 4.19. The second-order valence-electron chi connectivity index (χ2n) is 6.16. The molecule has 0 aromatic heterocycles. The minimum Gasteiger partial charge on any atom is -0.309 e. The maximum atomic E-state index is 3.81. The zero-order valence-corrected chi connectivity index (χ0v) is 11.3. The first-order chi connectivity index (χ1) is 6.85. The van der Waals surface area contributed by atoms with Gasteiger partial charge in [-0.3, -0.25) is 0 Å². The number of likely N-dealkylation sites (N-methyl/N-ethyl adjacent to an activating group) is 1. The van der Waals surface area contributed by atoms with Gasteiger partial charge in [0.2, 0.25) is 0 Å². The fourth-order valence-corrected chi connectivity index (χ4v) is 2.00. The van der Waals surface area contributed by atoms with E-state index in [4.69, 9.17) is 0 Å². The number of nitrogens with one attached hydrogen (secondary N) is 1. The third-order valence-corrected chi connectivity index (χ3v) is 3.91. The van der Waals surface area contributed by atoms with Crippen molar-refractivity contribution in [2.75, 3.05) is 20.6 Å². The molecule has 1 aliphatic rings. The molecule has 15 heavy (non-hydrogen) atoms. The van der Waals surface area contributed by atoms with E-state index in [-0.39, 0.29) is 0 Å². The summed E-state index contributed by atoms with van der Waals surface area (Å²) >= 11 is 0. The Balaban J connectivity index is 2.43. The molecular weight excluding hydrogens is 184 g/mol. The Labute approximate surface area is 95.4 Å². The molecule has 1 saturated carbocycles. The average Bonchev–Trinajstić information content (AvgIpc) is 2.82.